The third kappa shape index (κ3) is 1.89. The first-order valence-corrected chi connectivity index (χ1v) is 4.57. The zero-order valence-electron chi connectivity index (χ0n) is 7.61. The van der Waals surface area contributed by atoms with Crippen LogP contribution in [0.4, 0.5) is 10.1 Å². The van der Waals surface area contributed by atoms with Crippen molar-refractivity contribution in [2.75, 3.05) is 5.73 Å². The SMILES string of the molecule is Nc1ccncc1-c1ncc(F)cc1Cl. The number of nitrogen functional groups attached to an aromatic ring is 1. The number of pyridine rings is 2. The molecule has 0 aliphatic heterocycles. The van der Waals surface area contributed by atoms with E-state index >= 15 is 0 Å². The standard InChI is InChI=1S/C10H7ClFN3/c11-8-3-6(12)4-15-10(8)7-5-14-2-1-9(7)13/h1-5H,(H2,13,14). The van der Waals surface area contributed by atoms with Crippen molar-refractivity contribution in [3.63, 3.8) is 0 Å². The summed E-state index contributed by atoms with van der Waals surface area (Å²) in [4.78, 5) is 7.79. The number of hydrogen-bond donors (Lipinski definition) is 1. The average molecular weight is 224 g/mol. The molecule has 2 aromatic heterocycles. The summed E-state index contributed by atoms with van der Waals surface area (Å²) in [6, 6.07) is 2.83. The summed E-state index contributed by atoms with van der Waals surface area (Å²) in [6.07, 6.45) is 4.20. The molecule has 0 saturated heterocycles. The zero-order valence-corrected chi connectivity index (χ0v) is 8.37. The zero-order chi connectivity index (χ0) is 10.8. The van der Waals surface area contributed by atoms with Crippen LogP contribution in [0.15, 0.2) is 30.7 Å². The minimum absolute atomic E-state index is 0.217. The molecule has 2 N–H and O–H groups in total. The molecule has 5 heteroatoms. The van der Waals surface area contributed by atoms with Crippen molar-refractivity contribution in [1.82, 2.24) is 9.97 Å². The average Bonchev–Trinajstić information content (AvgIpc) is 2.20. The van der Waals surface area contributed by atoms with Gasteiger partial charge in [-0.05, 0) is 12.1 Å². The summed E-state index contributed by atoms with van der Waals surface area (Å²) in [7, 11) is 0. The molecule has 0 spiro atoms. The number of nitrogens with zero attached hydrogens (tertiary/aromatic N) is 2. The number of aromatic nitrogens is 2. The first-order chi connectivity index (χ1) is 7.18. The van der Waals surface area contributed by atoms with Crippen molar-refractivity contribution in [3.8, 4) is 11.3 Å². The Morgan fingerprint density at radius 3 is 2.80 bits per heavy atom. The third-order valence-electron chi connectivity index (χ3n) is 1.92. The van der Waals surface area contributed by atoms with Crippen LogP contribution in [0, 0.1) is 5.82 Å². The summed E-state index contributed by atoms with van der Waals surface area (Å²) in [5.74, 6) is -0.480. The fraction of sp³-hybridized carbons (Fsp3) is 0. The maximum absolute atomic E-state index is 12.8. The van der Waals surface area contributed by atoms with Gasteiger partial charge in [0, 0.05) is 23.6 Å². The van der Waals surface area contributed by atoms with Crippen molar-refractivity contribution in [3.05, 3.63) is 41.6 Å². The molecular weight excluding hydrogens is 217 g/mol. The molecule has 3 nitrogen and oxygen atoms in total. The normalized spacial score (nSPS) is 10.3. The molecule has 76 valence electrons. The molecule has 0 atom stereocenters. The molecule has 0 radical (unpaired) electrons. The van der Waals surface area contributed by atoms with E-state index in [1.54, 1.807) is 18.5 Å². The van der Waals surface area contributed by atoms with Gasteiger partial charge in [0.2, 0.25) is 0 Å². The molecule has 0 fully saturated rings. The minimum Gasteiger partial charge on any atom is -0.398 e. The molecule has 2 heterocycles. The summed E-state index contributed by atoms with van der Waals surface area (Å²) in [6.45, 7) is 0. The van der Waals surface area contributed by atoms with E-state index < -0.39 is 5.82 Å². The van der Waals surface area contributed by atoms with Crippen molar-refractivity contribution < 1.29 is 4.39 Å². The second kappa shape index (κ2) is 3.82. The fourth-order valence-corrected chi connectivity index (χ4v) is 1.47. The van der Waals surface area contributed by atoms with Gasteiger partial charge in [-0.25, -0.2) is 4.39 Å². The molecule has 2 rings (SSSR count). The van der Waals surface area contributed by atoms with E-state index in [4.69, 9.17) is 17.3 Å². The fourth-order valence-electron chi connectivity index (χ4n) is 1.22. The number of nitrogens with two attached hydrogens (primary N) is 1. The monoisotopic (exact) mass is 223 g/mol. The Morgan fingerprint density at radius 2 is 2.13 bits per heavy atom. The molecule has 0 aliphatic carbocycles. The first kappa shape index (κ1) is 9.86. The van der Waals surface area contributed by atoms with E-state index in [1.807, 2.05) is 0 Å². The molecule has 0 amide bonds. The van der Waals surface area contributed by atoms with Crippen LogP contribution in [-0.2, 0) is 0 Å². The van der Waals surface area contributed by atoms with E-state index in [0.29, 0.717) is 16.9 Å². The lowest BCUT2D eigenvalue weighted by molar-refractivity contribution is 0.622. The summed E-state index contributed by atoms with van der Waals surface area (Å²) in [5, 5.41) is 0.217. The lowest BCUT2D eigenvalue weighted by Gasteiger charge is -2.05. The van der Waals surface area contributed by atoms with E-state index in [1.165, 1.54) is 6.07 Å². The third-order valence-corrected chi connectivity index (χ3v) is 2.21. The molecular formula is C10H7ClFN3. The van der Waals surface area contributed by atoms with Gasteiger partial charge in [-0.15, -0.1) is 0 Å². The van der Waals surface area contributed by atoms with Gasteiger partial charge in [0.05, 0.1) is 16.9 Å². The van der Waals surface area contributed by atoms with Gasteiger partial charge in [0.25, 0.3) is 0 Å². The van der Waals surface area contributed by atoms with Crippen molar-refractivity contribution in [2.45, 2.75) is 0 Å². The van der Waals surface area contributed by atoms with Crippen LogP contribution in [0.5, 0.6) is 0 Å². The molecule has 0 unspecified atom stereocenters. The van der Waals surface area contributed by atoms with E-state index in [2.05, 4.69) is 9.97 Å². The largest absolute Gasteiger partial charge is 0.398 e. The lowest BCUT2D eigenvalue weighted by atomic mass is 10.1. The molecule has 0 aromatic carbocycles. The van der Waals surface area contributed by atoms with E-state index in [9.17, 15) is 4.39 Å². The second-order valence-corrected chi connectivity index (χ2v) is 3.35. The summed E-state index contributed by atoms with van der Waals surface area (Å²) >= 11 is 5.85. The van der Waals surface area contributed by atoms with Gasteiger partial charge in [-0.3, -0.25) is 9.97 Å². The highest BCUT2D eigenvalue weighted by Crippen LogP contribution is 2.29. The van der Waals surface area contributed by atoms with Gasteiger partial charge in [0.15, 0.2) is 0 Å². The van der Waals surface area contributed by atoms with Gasteiger partial charge < -0.3 is 5.73 Å². The van der Waals surface area contributed by atoms with Crippen LogP contribution < -0.4 is 5.73 Å². The van der Waals surface area contributed by atoms with Crippen molar-refractivity contribution in [1.29, 1.82) is 0 Å². The first-order valence-electron chi connectivity index (χ1n) is 4.19. The smallest absolute Gasteiger partial charge is 0.143 e. The Hall–Kier alpha value is -1.68. The Bertz CT molecular complexity index is 502. The topological polar surface area (TPSA) is 51.8 Å². The highest BCUT2D eigenvalue weighted by Gasteiger charge is 2.09. The maximum Gasteiger partial charge on any atom is 0.143 e. The maximum atomic E-state index is 12.8. The van der Waals surface area contributed by atoms with Crippen molar-refractivity contribution >= 4 is 17.3 Å². The summed E-state index contributed by atoms with van der Waals surface area (Å²) < 4.78 is 12.8. The van der Waals surface area contributed by atoms with Crippen molar-refractivity contribution in [2.24, 2.45) is 0 Å². The van der Waals surface area contributed by atoms with Crippen LogP contribution in [0.2, 0.25) is 5.02 Å². The predicted molar refractivity (Wildman–Crippen MR) is 56.8 cm³/mol. The van der Waals surface area contributed by atoms with Crippen LogP contribution in [0.3, 0.4) is 0 Å². The molecule has 0 aliphatic rings. The van der Waals surface area contributed by atoms with E-state index in [-0.39, 0.29) is 5.02 Å². The molecule has 0 bridgehead atoms. The molecule has 2 aromatic rings. The highest BCUT2D eigenvalue weighted by atomic mass is 35.5. The number of rotatable bonds is 1. The Balaban J connectivity index is 2.60. The Kier molecular flexibility index (Phi) is 2.51. The van der Waals surface area contributed by atoms with Gasteiger partial charge in [0.1, 0.15) is 5.82 Å². The number of anilines is 1. The predicted octanol–water partition coefficient (Wildman–Crippen LogP) is 2.52. The van der Waals surface area contributed by atoms with Gasteiger partial charge in [-0.1, -0.05) is 11.6 Å². The second-order valence-electron chi connectivity index (χ2n) is 2.95. The van der Waals surface area contributed by atoms with Gasteiger partial charge in [-0.2, -0.15) is 0 Å². The number of halogens is 2. The van der Waals surface area contributed by atoms with E-state index in [0.717, 1.165) is 6.20 Å². The summed E-state index contributed by atoms with van der Waals surface area (Å²) in [5.41, 5.74) is 7.27. The van der Waals surface area contributed by atoms with Crippen LogP contribution in [-0.4, -0.2) is 9.97 Å². The quantitative estimate of drug-likeness (QED) is 0.808. The van der Waals surface area contributed by atoms with Crippen LogP contribution in [0.25, 0.3) is 11.3 Å². The van der Waals surface area contributed by atoms with Crippen LogP contribution >= 0.6 is 11.6 Å². The lowest BCUT2D eigenvalue weighted by Crippen LogP contribution is -1.94. The number of hydrogen-bond acceptors (Lipinski definition) is 3. The van der Waals surface area contributed by atoms with Crippen LogP contribution in [0.1, 0.15) is 0 Å². The Labute approximate surface area is 90.7 Å². The molecule has 0 saturated carbocycles. The minimum atomic E-state index is -0.480. The Morgan fingerprint density at radius 1 is 1.33 bits per heavy atom. The highest BCUT2D eigenvalue weighted by molar-refractivity contribution is 6.33. The molecule has 15 heavy (non-hydrogen) atoms. The van der Waals surface area contributed by atoms with Gasteiger partial charge >= 0.3 is 0 Å².